The van der Waals surface area contributed by atoms with Crippen molar-refractivity contribution in [3.63, 3.8) is 0 Å². The lowest BCUT2D eigenvalue weighted by Crippen LogP contribution is -2.44. The van der Waals surface area contributed by atoms with E-state index in [-0.39, 0.29) is 18.0 Å². The number of ketones is 2. The van der Waals surface area contributed by atoms with Gasteiger partial charge in [0.2, 0.25) is 5.91 Å². The van der Waals surface area contributed by atoms with E-state index in [1.165, 1.54) is 0 Å². The summed E-state index contributed by atoms with van der Waals surface area (Å²) in [4.78, 5) is 41.1. The Kier molecular flexibility index (Phi) is 6.06. The Bertz CT molecular complexity index is 1320. The Hall–Kier alpha value is -4.02. The fraction of sp³-hybridized carbons (Fsp3) is 0.100. The maximum Gasteiger partial charge on any atom is 0.222 e. The molecule has 1 aliphatic carbocycles. The number of Topliss-reactive ketones (excluding diaryl/α,β-unsaturated/α-hetero) is 2. The first-order valence-electron chi connectivity index (χ1n) is 11.3. The highest BCUT2D eigenvalue weighted by Crippen LogP contribution is 2.43. The molecule has 0 heterocycles. The molecule has 1 aliphatic rings. The van der Waals surface area contributed by atoms with Crippen LogP contribution in [0.3, 0.4) is 0 Å². The third-order valence-electron chi connectivity index (χ3n) is 6.53. The third kappa shape index (κ3) is 4.07. The number of halogens is 1. The summed E-state index contributed by atoms with van der Waals surface area (Å²) in [6, 6.07) is 32.1. The smallest absolute Gasteiger partial charge is 0.222 e. The summed E-state index contributed by atoms with van der Waals surface area (Å²) in [6.07, 6.45) is -0.308. The van der Waals surface area contributed by atoms with Gasteiger partial charge in [-0.3, -0.25) is 14.4 Å². The standard InChI is InChI=1S/C30H22ClNO3/c31-23-17-15-22(16-18-23)30(28(34)24-13-7-8-14-25(24)29(30)35)19-26(33)32-27(20-9-3-1-4-10-20)21-11-5-2-6-12-21/h1-18,27H,19H2,(H,32,33). The molecule has 5 rings (SSSR count). The van der Waals surface area contributed by atoms with Crippen molar-refractivity contribution in [3.05, 3.63) is 142 Å². The molecule has 172 valence electrons. The van der Waals surface area contributed by atoms with Crippen LogP contribution in [0, 0.1) is 0 Å². The van der Waals surface area contributed by atoms with Gasteiger partial charge in [0.25, 0.3) is 0 Å². The van der Waals surface area contributed by atoms with Crippen LogP contribution in [0.5, 0.6) is 0 Å². The van der Waals surface area contributed by atoms with Crippen LogP contribution in [-0.2, 0) is 10.2 Å². The highest BCUT2D eigenvalue weighted by atomic mass is 35.5. The topological polar surface area (TPSA) is 63.2 Å². The van der Waals surface area contributed by atoms with E-state index in [1.54, 1.807) is 48.5 Å². The van der Waals surface area contributed by atoms with Gasteiger partial charge in [0.1, 0.15) is 5.41 Å². The minimum atomic E-state index is -1.64. The molecule has 1 amide bonds. The van der Waals surface area contributed by atoms with Gasteiger partial charge in [-0.05, 0) is 28.8 Å². The van der Waals surface area contributed by atoms with Gasteiger partial charge in [0.05, 0.1) is 12.5 Å². The predicted octanol–water partition coefficient (Wildman–Crippen LogP) is 5.95. The van der Waals surface area contributed by atoms with E-state index in [0.29, 0.717) is 21.7 Å². The molecule has 1 N–H and O–H groups in total. The van der Waals surface area contributed by atoms with Crippen molar-refractivity contribution in [2.75, 3.05) is 0 Å². The summed E-state index contributed by atoms with van der Waals surface area (Å²) in [5.41, 5.74) is 1.29. The summed E-state index contributed by atoms with van der Waals surface area (Å²) >= 11 is 6.09. The van der Waals surface area contributed by atoms with E-state index < -0.39 is 17.4 Å². The molecule has 0 aliphatic heterocycles. The average molecular weight is 480 g/mol. The lowest BCUT2D eigenvalue weighted by atomic mass is 9.73. The van der Waals surface area contributed by atoms with Crippen LogP contribution >= 0.6 is 11.6 Å². The van der Waals surface area contributed by atoms with Crippen molar-refractivity contribution in [1.29, 1.82) is 0 Å². The number of benzene rings is 4. The molecule has 4 aromatic rings. The Morgan fingerprint density at radius 3 is 1.63 bits per heavy atom. The van der Waals surface area contributed by atoms with Gasteiger partial charge in [-0.25, -0.2) is 0 Å². The number of carbonyl (C=O) groups is 3. The first-order valence-corrected chi connectivity index (χ1v) is 11.7. The summed E-state index contributed by atoms with van der Waals surface area (Å²) in [5.74, 6) is -1.13. The zero-order valence-electron chi connectivity index (χ0n) is 18.8. The number of fused-ring (bicyclic) bond motifs is 1. The highest BCUT2D eigenvalue weighted by Gasteiger charge is 2.55. The van der Waals surface area contributed by atoms with Gasteiger partial charge < -0.3 is 5.32 Å². The summed E-state index contributed by atoms with van der Waals surface area (Å²) in [7, 11) is 0. The van der Waals surface area contributed by atoms with Gasteiger partial charge >= 0.3 is 0 Å². The molecule has 4 nitrogen and oxygen atoms in total. The van der Waals surface area contributed by atoms with Gasteiger partial charge in [0.15, 0.2) is 11.6 Å². The van der Waals surface area contributed by atoms with E-state index in [0.717, 1.165) is 11.1 Å². The van der Waals surface area contributed by atoms with Crippen molar-refractivity contribution < 1.29 is 14.4 Å². The molecule has 5 heteroatoms. The molecule has 0 unspecified atom stereocenters. The fourth-order valence-electron chi connectivity index (χ4n) is 4.80. The van der Waals surface area contributed by atoms with E-state index in [2.05, 4.69) is 5.32 Å². The SMILES string of the molecule is O=C(CC1(c2ccc(Cl)cc2)C(=O)c2ccccc2C1=O)NC(c1ccccc1)c1ccccc1. The highest BCUT2D eigenvalue weighted by molar-refractivity contribution is 6.34. The van der Waals surface area contributed by atoms with Gasteiger partial charge in [-0.2, -0.15) is 0 Å². The zero-order valence-corrected chi connectivity index (χ0v) is 19.5. The summed E-state index contributed by atoms with van der Waals surface area (Å²) in [5, 5.41) is 3.56. The van der Waals surface area contributed by atoms with Crippen molar-refractivity contribution in [2.24, 2.45) is 0 Å². The molecule has 35 heavy (non-hydrogen) atoms. The number of amides is 1. The van der Waals surface area contributed by atoms with Crippen LogP contribution < -0.4 is 5.32 Å². The van der Waals surface area contributed by atoms with E-state index in [4.69, 9.17) is 11.6 Å². The second-order valence-electron chi connectivity index (χ2n) is 8.61. The Morgan fingerprint density at radius 1 is 0.686 bits per heavy atom. The van der Waals surface area contributed by atoms with Crippen LogP contribution in [0.1, 0.15) is 49.9 Å². The first kappa shape index (κ1) is 22.8. The molecule has 0 atom stereocenters. The largest absolute Gasteiger partial charge is 0.345 e. The molecule has 0 bridgehead atoms. The first-order chi connectivity index (χ1) is 17.0. The number of rotatable bonds is 6. The second-order valence-corrected chi connectivity index (χ2v) is 9.05. The van der Waals surface area contributed by atoms with E-state index >= 15 is 0 Å². The van der Waals surface area contributed by atoms with Crippen LogP contribution in [0.2, 0.25) is 5.02 Å². The molecule has 0 aromatic heterocycles. The lowest BCUT2D eigenvalue weighted by Gasteiger charge is -2.28. The van der Waals surface area contributed by atoms with Crippen molar-refractivity contribution in [3.8, 4) is 0 Å². The number of nitrogens with one attached hydrogen (secondary N) is 1. The summed E-state index contributed by atoms with van der Waals surface area (Å²) in [6.45, 7) is 0. The average Bonchev–Trinajstić information content (AvgIpc) is 3.11. The number of hydrogen-bond acceptors (Lipinski definition) is 3. The Balaban J connectivity index is 1.54. The monoisotopic (exact) mass is 479 g/mol. The molecule has 0 spiro atoms. The molecule has 4 aromatic carbocycles. The minimum absolute atomic E-state index is 0.308. The molecule has 0 saturated heterocycles. The van der Waals surface area contributed by atoms with Gasteiger partial charge in [-0.1, -0.05) is 109 Å². The minimum Gasteiger partial charge on any atom is -0.345 e. The lowest BCUT2D eigenvalue weighted by molar-refractivity contribution is -0.122. The summed E-state index contributed by atoms with van der Waals surface area (Å²) < 4.78 is 0. The van der Waals surface area contributed by atoms with Crippen molar-refractivity contribution in [1.82, 2.24) is 5.32 Å². The maximum atomic E-state index is 13.7. The molecule has 0 fully saturated rings. The second kappa shape index (κ2) is 9.32. The Labute approximate surface area is 208 Å². The molecular weight excluding hydrogens is 458 g/mol. The molecule has 0 radical (unpaired) electrons. The van der Waals surface area contributed by atoms with E-state index in [1.807, 2.05) is 60.7 Å². The fourth-order valence-corrected chi connectivity index (χ4v) is 4.93. The van der Waals surface area contributed by atoms with Crippen LogP contribution in [-0.4, -0.2) is 17.5 Å². The molecule has 0 saturated carbocycles. The predicted molar refractivity (Wildman–Crippen MR) is 136 cm³/mol. The van der Waals surface area contributed by atoms with Crippen LogP contribution in [0.25, 0.3) is 0 Å². The van der Waals surface area contributed by atoms with E-state index in [9.17, 15) is 14.4 Å². The van der Waals surface area contributed by atoms with Crippen molar-refractivity contribution in [2.45, 2.75) is 17.9 Å². The zero-order chi connectivity index (χ0) is 24.4. The van der Waals surface area contributed by atoms with Crippen molar-refractivity contribution >= 4 is 29.1 Å². The number of hydrogen-bond donors (Lipinski definition) is 1. The molecular formula is C30H22ClNO3. The maximum absolute atomic E-state index is 13.7. The Morgan fingerprint density at radius 2 is 1.14 bits per heavy atom. The normalized spacial score (nSPS) is 14.1. The number of carbonyl (C=O) groups excluding carboxylic acids is 3. The quantitative estimate of drug-likeness (QED) is 0.347. The van der Waals surface area contributed by atoms with Crippen LogP contribution in [0.15, 0.2) is 109 Å². The van der Waals surface area contributed by atoms with Crippen LogP contribution in [0.4, 0.5) is 0 Å². The van der Waals surface area contributed by atoms with Gasteiger partial charge in [0, 0.05) is 16.1 Å². The van der Waals surface area contributed by atoms with Gasteiger partial charge in [-0.15, -0.1) is 0 Å². The third-order valence-corrected chi connectivity index (χ3v) is 6.78.